The Morgan fingerprint density at radius 2 is 1.50 bits per heavy atom. The molecule has 2 bridgehead atoms. The van der Waals surface area contributed by atoms with Gasteiger partial charge < -0.3 is 14.7 Å². The van der Waals surface area contributed by atoms with E-state index in [1.807, 2.05) is 30.3 Å². The summed E-state index contributed by atoms with van der Waals surface area (Å²) in [6.07, 6.45) is -1.07. The second-order valence-electron chi connectivity index (χ2n) is 9.32. The first-order valence-electron chi connectivity index (χ1n) is 11.3. The molecule has 4 nitrogen and oxygen atoms in total. The van der Waals surface area contributed by atoms with Gasteiger partial charge in [-0.15, -0.1) is 0 Å². The molecule has 7 rings (SSSR count). The highest BCUT2D eigenvalue weighted by Crippen LogP contribution is 2.66. The maximum Gasteiger partial charge on any atom is 0.229 e. The molecule has 4 aliphatic rings. The molecule has 0 saturated carbocycles. The summed E-state index contributed by atoms with van der Waals surface area (Å²) in [4.78, 5) is 15.8. The summed E-state index contributed by atoms with van der Waals surface area (Å²) in [6, 6.07) is 26.8. The highest BCUT2D eigenvalue weighted by molar-refractivity contribution is 5.88. The fourth-order valence-corrected chi connectivity index (χ4v) is 6.90. The largest absolute Gasteiger partial charge is 0.380 e. The van der Waals surface area contributed by atoms with Crippen LogP contribution in [0.3, 0.4) is 0 Å². The summed E-state index contributed by atoms with van der Waals surface area (Å²) in [5.41, 5.74) is 5.15. The van der Waals surface area contributed by atoms with Gasteiger partial charge in [-0.2, -0.15) is 0 Å². The third-order valence-electron chi connectivity index (χ3n) is 8.15. The molecule has 32 heavy (non-hydrogen) atoms. The average molecular weight is 426 g/mol. The Morgan fingerprint density at radius 1 is 0.938 bits per heavy atom. The van der Waals surface area contributed by atoms with E-state index >= 15 is 0 Å². The first-order chi connectivity index (χ1) is 15.6. The minimum absolute atomic E-state index is 0.0157. The molecule has 1 aliphatic heterocycles. The van der Waals surface area contributed by atoms with E-state index in [-0.39, 0.29) is 29.8 Å². The number of rotatable bonds is 4. The molecule has 162 valence electrons. The van der Waals surface area contributed by atoms with E-state index in [2.05, 4.69) is 55.5 Å². The number of likely N-dealkylation sites (tertiary alicyclic amines) is 1. The fraction of sp³-hybridized carbons (Fsp3) is 0.321. The average Bonchev–Trinajstić information content (AvgIpc) is 3.10. The number of methoxy groups -OCH3 is 1. The van der Waals surface area contributed by atoms with E-state index in [9.17, 15) is 9.90 Å². The molecule has 3 aromatic carbocycles. The zero-order valence-corrected chi connectivity index (χ0v) is 18.3. The summed E-state index contributed by atoms with van der Waals surface area (Å²) >= 11 is 0. The zero-order chi connectivity index (χ0) is 22.0. The van der Waals surface area contributed by atoms with E-state index in [1.54, 1.807) is 12.0 Å². The van der Waals surface area contributed by atoms with Gasteiger partial charge in [0.05, 0.1) is 17.4 Å². The predicted molar refractivity (Wildman–Crippen MR) is 122 cm³/mol. The molecule has 0 unspecified atom stereocenters. The van der Waals surface area contributed by atoms with Crippen LogP contribution in [0.5, 0.6) is 0 Å². The van der Waals surface area contributed by atoms with Crippen molar-refractivity contribution in [3.05, 3.63) is 107 Å². The molecule has 1 saturated heterocycles. The second kappa shape index (κ2) is 7.03. The molecular weight excluding hydrogens is 398 g/mol. The number of carbonyl (C=O) groups excluding carboxylic acids is 1. The summed E-state index contributed by atoms with van der Waals surface area (Å²) in [7, 11) is 1.72. The molecule has 4 atom stereocenters. The maximum absolute atomic E-state index is 14.1. The maximum atomic E-state index is 14.1. The van der Waals surface area contributed by atoms with Crippen LogP contribution < -0.4 is 0 Å². The second-order valence-corrected chi connectivity index (χ2v) is 9.32. The van der Waals surface area contributed by atoms with Crippen molar-refractivity contribution < 1.29 is 14.6 Å². The number of benzene rings is 3. The lowest BCUT2D eigenvalue weighted by atomic mass is 9.45. The Labute approximate surface area is 188 Å². The topological polar surface area (TPSA) is 49.8 Å². The van der Waals surface area contributed by atoms with Crippen LogP contribution in [0.25, 0.3) is 0 Å². The van der Waals surface area contributed by atoms with Crippen molar-refractivity contribution in [1.29, 1.82) is 0 Å². The van der Waals surface area contributed by atoms with Gasteiger partial charge in [0.2, 0.25) is 5.91 Å². The van der Waals surface area contributed by atoms with Gasteiger partial charge in [0.15, 0.2) is 0 Å². The van der Waals surface area contributed by atoms with Gasteiger partial charge in [-0.1, -0.05) is 78.9 Å². The predicted octanol–water partition coefficient (Wildman–Crippen LogP) is 4.06. The van der Waals surface area contributed by atoms with Crippen LogP contribution in [0.15, 0.2) is 78.9 Å². The Balaban J connectivity index is 1.59. The summed E-state index contributed by atoms with van der Waals surface area (Å²) in [5, 5.41) is 11.6. The number of carbonyl (C=O) groups is 1. The molecule has 3 aliphatic carbocycles. The van der Waals surface area contributed by atoms with Gasteiger partial charge in [-0.3, -0.25) is 4.79 Å². The first kappa shape index (κ1) is 19.7. The van der Waals surface area contributed by atoms with Crippen molar-refractivity contribution in [2.75, 3.05) is 7.11 Å². The fourth-order valence-electron chi connectivity index (χ4n) is 6.90. The monoisotopic (exact) mass is 425 g/mol. The van der Waals surface area contributed by atoms with Crippen molar-refractivity contribution in [3.63, 3.8) is 0 Å². The first-order valence-corrected chi connectivity index (χ1v) is 11.3. The number of hydrogen-bond acceptors (Lipinski definition) is 3. The van der Waals surface area contributed by atoms with Crippen LogP contribution in [0, 0.1) is 11.8 Å². The lowest BCUT2D eigenvalue weighted by molar-refractivity contribution is -0.138. The van der Waals surface area contributed by atoms with Crippen LogP contribution in [0.4, 0.5) is 0 Å². The Bertz CT molecular complexity index is 1140. The summed E-state index contributed by atoms with van der Waals surface area (Å²) in [5.74, 6) is -0.582. The molecule has 1 N–H and O–H groups in total. The minimum atomic E-state index is -0.845. The van der Waals surface area contributed by atoms with Crippen LogP contribution in [-0.4, -0.2) is 35.4 Å². The standard InChI is InChI=1S/C28H27NO3/c1-17(32-2)28-21-14-8-6-12-19(21)23(20-13-7-9-15-22(20)28)24-25(28)27(31)29(26(24)30)16-18-10-4-3-5-11-18/h3-15,17,23-26,30H,16H2,1-2H3/t17-,23?,24-,25+,26-,28?/m0/s1. The van der Waals surface area contributed by atoms with Gasteiger partial charge in [0.1, 0.15) is 6.23 Å². The Kier molecular flexibility index (Phi) is 4.33. The Hall–Kier alpha value is -2.95. The van der Waals surface area contributed by atoms with Gasteiger partial charge in [-0.05, 0) is 34.7 Å². The van der Waals surface area contributed by atoms with Crippen LogP contribution in [-0.2, 0) is 21.5 Å². The molecule has 1 fully saturated rings. The lowest BCUT2D eigenvalue weighted by Crippen LogP contribution is -2.59. The highest BCUT2D eigenvalue weighted by Gasteiger charge is 2.69. The molecule has 1 heterocycles. The quantitative estimate of drug-likeness (QED) is 0.686. The normalized spacial score (nSPS) is 30.6. The minimum Gasteiger partial charge on any atom is -0.380 e. The molecule has 4 heteroatoms. The number of ether oxygens (including phenoxy) is 1. The van der Waals surface area contributed by atoms with Gasteiger partial charge in [0, 0.05) is 25.5 Å². The Morgan fingerprint density at radius 3 is 2.09 bits per heavy atom. The third-order valence-corrected chi connectivity index (χ3v) is 8.15. The van der Waals surface area contributed by atoms with Crippen molar-refractivity contribution in [3.8, 4) is 0 Å². The molecule has 0 spiro atoms. The van der Waals surface area contributed by atoms with Crippen LogP contribution in [0.1, 0.15) is 40.7 Å². The van der Waals surface area contributed by atoms with Crippen molar-refractivity contribution in [2.24, 2.45) is 11.8 Å². The van der Waals surface area contributed by atoms with Crippen LogP contribution in [0.2, 0.25) is 0 Å². The van der Waals surface area contributed by atoms with E-state index < -0.39 is 11.6 Å². The number of nitrogens with zero attached hydrogens (tertiary/aromatic N) is 1. The third kappa shape index (κ3) is 2.31. The summed E-state index contributed by atoms with van der Waals surface area (Å²) in [6.45, 7) is 2.47. The smallest absolute Gasteiger partial charge is 0.229 e. The van der Waals surface area contributed by atoms with E-state index in [0.717, 1.165) is 5.56 Å². The van der Waals surface area contributed by atoms with Crippen molar-refractivity contribution in [2.45, 2.75) is 37.1 Å². The zero-order valence-electron chi connectivity index (χ0n) is 18.3. The molecule has 0 aromatic heterocycles. The SMILES string of the molecule is CO[C@@H](C)C12c3ccccc3C(c3ccccc31)[C@@H]1[C@H](O)N(Cc3ccccc3)C(=O)[C@@H]12. The van der Waals surface area contributed by atoms with Crippen molar-refractivity contribution >= 4 is 5.91 Å². The number of hydrogen-bond donors (Lipinski definition) is 1. The van der Waals surface area contributed by atoms with Gasteiger partial charge in [-0.25, -0.2) is 0 Å². The molecule has 3 aromatic rings. The van der Waals surface area contributed by atoms with Gasteiger partial charge >= 0.3 is 0 Å². The lowest BCUT2D eigenvalue weighted by Gasteiger charge is -2.57. The summed E-state index contributed by atoms with van der Waals surface area (Å²) < 4.78 is 6.02. The van der Waals surface area contributed by atoms with E-state index in [1.165, 1.54) is 22.3 Å². The molecule has 0 radical (unpaired) electrons. The van der Waals surface area contributed by atoms with E-state index in [0.29, 0.717) is 6.54 Å². The highest BCUT2D eigenvalue weighted by atomic mass is 16.5. The molecule has 1 amide bonds. The number of aliphatic hydroxyl groups excluding tert-OH is 1. The van der Waals surface area contributed by atoms with Crippen LogP contribution >= 0.6 is 0 Å². The number of aliphatic hydroxyl groups is 1. The molecular formula is C28H27NO3. The van der Waals surface area contributed by atoms with E-state index in [4.69, 9.17) is 4.74 Å². The van der Waals surface area contributed by atoms with Crippen molar-refractivity contribution in [1.82, 2.24) is 4.90 Å². The van der Waals surface area contributed by atoms with Gasteiger partial charge in [0.25, 0.3) is 0 Å². The number of amides is 1.